The Morgan fingerprint density at radius 1 is 0.246 bits per heavy atom. The number of aromatic nitrogens is 4. The van der Waals surface area contributed by atoms with Crippen molar-refractivity contribution in [2.75, 3.05) is 53.9 Å². The van der Waals surface area contributed by atoms with E-state index in [0.29, 0.717) is 85.5 Å². The molecule has 7 aromatic rings. The highest BCUT2D eigenvalue weighted by Gasteiger charge is 2.25. The Kier molecular flexibility index (Phi) is 46.8. The predicted octanol–water partition coefficient (Wildman–Crippen LogP) is 31.9. The van der Waals surface area contributed by atoms with E-state index in [9.17, 15) is 0 Å². The minimum Gasteiger partial charge on any atom is -0.497 e. The number of fused-ring (bicyclic) bond motifs is 8. The van der Waals surface area contributed by atoms with E-state index in [1.54, 1.807) is 14.2 Å². The standard InChI is InChI=1S/C110H154N4O8/c1-9-15-21-27-33-39-45-51-77-117-103-83-89(84-104(118-78-52-46-40-34-28-22-16-10-2)109(103)121-81-55-49-43-37-31-25-19-13-5)107-99-73-69-95(111-99)93(67-61-87-57-63-91(115-7)64-58-87)97-71-75-101(113-97)108(102-76-72-98(114-102)94(96-70-74-100(107)112-96)68-62-88-59-65-92(116-8)66-60-88)90-85-105(119-79-53-47-41-35-29-23-17-11-3)110(122-82-56-50-44-38-32-26-20-14-6)106(86-90)120-80-54-48-42-36-30-24-18-12-4/h57-60,63-66,69-76,83-86,111,114H,9-56,77-82H2,1-8H3. The third kappa shape index (κ3) is 33.9. The third-order valence-electron chi connectivity index (χ3n) is 23.7. The normalized spacial score (nSPS) is 11.5. The number of ether oxygens (including phenoxy) is 8. The summed E-state index contributed by atoms with van der Waals surface area (Å²) in [6, 6.07) is 33.2. The van der Waals surface area contributed by atoms with Crippen molar-refractivity contribution in [1.29, 1.82) is 0 Å². The minimum atomic E-state index is 0.550. The van der Waals surface area contributed by atoms with Crippen LogP contribution in [0.2, 0.25) is 0 Å². The van der Waals surface area contributed by atoms with Crippen molar-refractivity contribution in [3.63, 3.8) is 0 Å². The van der Waals surface area contributed by atoms with Crippen molar-refractivity contribution in [1.82, 2.24) is 19.9 Å². The smallest absolute Gasteiger partial charge is 0.203 e. The Labute approximate surface area is 737 Å². The van der Waals surface area contributed by atoms with Gasteiger partial charge in [-0.2, -0.15) is 0 Å². The van der Waals surface area contributed by atoms with E-state index < -0.39 is 0 Å². The number of nitrogens with one attached hydrogen (secondary N) is 2. The molecule has 5 heterocycles. The van der Waals surface area contributed by atoms with Gasteiger partial charge in [-0.15, -0.1) is 0 Å². The molecule has 4 aromatic carbocycles. The van der Waals surface area contributed by atoms with E-state index in [2.05, 4.69) is 148 Å². The molecule has 662 valence electrons. The Hall–Kier alpha value is -9.00. The van der Waals surface area contributed by atoms with Crippen molar-refractivity contribution in [2.24, 2.45) is 0 Å². The molecular formula is C110H154N4O8. The largest absolute Gasteiger partial charge is 0.497 e. The highest BCUT2D eigenvalue weighted by molar-refractivity contribution is 5.96. The van der Waals surface area contributed by atoms with E-state index in [4.69, 9.17) is 47.9 Å². The SMILES string of the molecule is CCCCCCCCCCOc1cc(-c2c3nc(c(C#Cc4ccc(OC)cc4)c4ccc([nH]4)c(-c4cc(OCCCCCCCCCC)c(OCCCCCCCCCC)c(OCCCCCCCCCC)c4)c4nc(c(C#Cc5ccc(OC)cc5)c5ccc2[nH]5)C=C4)C=C3)cc(OCCCCCCCCCC)c1OCCCCCCCCCC. The van der Waals surface area contributed by atoms with Crippen LogP contribution in [0.4, 0.5) is 0 Å². The number of hydrogen-bond donors (Lipinski definition) is 2. The summed E-state index contributed by atoms with van der Waals surface area (Å²) in [6.45, 7) is 17.0. The van der Waals surface area contributed by atoms with Crippen molar-refractivity contribution in [2.45, 2.75) is 350 Å². The van der Waals surface area contributed by atoms with Gasteiger partial charge in [-0.05, 0) is 171 Å². The van der Waals surface area contributed by atoms with Crippen LogP contribution >= 0.6 is 0 Å². The fraction of sp³-hybridized carbons (Fsp3) is 0.564. The summed E-state index contributed by atoms with van der Waals surface area (Å²) in [6.07, 6.45) is 66.1. The molecule has 2 N–H and O–H groups in total. The highest BCUT2D eigenvalue weighted by atomic mass is 16.5. The molecule has 0 amide bonds. The number of hydrogen-bond acceptors (Lipinski definition) is 10. The maximum Gasteiger partial charge on any atom is 0.203 e. The second-order valence-corrected chi connectivity index (χ2v) is 34.0. The summed E-state index contributed by atoms with van der Waals surface area (Å²) in [7, 11) is 3.39. The number of H-pyrrole nitrogens is 2. The number of aromatic amines is 2. The zero-order valence-electron chi connectivity index (χ0n) is 76.9. The van der Waals surface area contributed by atoms with E-state index >= 15 is 0 Å². The summed E-state index contributed by atoms with van der Waals surface area (Å²) in [5.41, 5.74) is 12.7. The van der Waals surface area contributed by atoms with Crippen molar-refractivity contribution >= 4 is 46.4 Å². The molecule has 0 saturated carbocycles. The van der Waals surface area contributed by atoms with E-state index in [-0.39, 0.29) is 0 Å². The van der Waals surface area contributed by atoms with Crippen LogP contribution in [0.25, 0.3) is 68.6 Å². The first-order chi connectivity index (χ1) is 60.3. The van der Waals surface area contributed by atoms with Crippen LogP contribution < -0.4 is 37.9 Å². The molecule has 0 atom stereocenters. The summed E-state index contributed by atoms with van der Waals surface area (Å²) in [4.78, 5) is 19.5. The molecule has 12 heteroatoms. The van der Waals surface area contributed by atoms with Gasteiger partial charge < -0.3 is 47.9 Å². The molecule has 0 spiro atoms. The zero-order valence-corrected chi connectivity index (χ0v) is 76.9. The van der Waals surface area contributed by atoms with Crippen molar-refractivity contribution < 1.29 is 37.9 Å². The molecule has 9 rings (SSSR count). The zero-order chi connectivity index (χ0) is 85.5. The molecule has 0 fully saturated rings. The van der Waals surface area contributed by atoms with E-state index in [1.165, 1.54) is 231 Å². The van der Waals surface area contributed by atoms with Gasteiger partial charge in [0.05, 0.1) is 98.8 Å². The average Bonchev–Trinajstić information content (AvgIpc) is 1.71. The second-order valence-electron chi connectivity index (χ2n) is 34.0. The van der Waals surface area contributed by atoms with Gasteiger partial charge in [0.25, 0.3) is 0 Å². The van der Waals surface area contributed by atoms with Gasteiger partial charge in [0.1, 0.15) is 11.5 Å². The molecule has 0 radical (unpaired) electrons. The monoisotopic (exact) mass is 1660 g/mol. The van der Waals surface area contributed by atoms with Gasteiger partial charge in [-0.1, -0.05) is 335 Å². The molecule has 2 aliphatic heterocycles. The van der Waals surface area contributed by atoms with Crippen molar-refractivity contribution in [3.8, 4) is 91.9 Å². The Morgan fingerprint density at radius 3 is 0.730 bits per heavy atom. The fourth-order valence-electron chi connectivity index (χ4n) is 16.3. The Balaban J connectivity index is 1.28. The van der Waals surface area contributed by atoms with Crippen LogP contribution in [0.5, 0.6) is 46.0 Å². The number of methoxy groups -OCH3 is 2. The average molecular weight is 1660 g/mol. The Bertz CT molecular complexity index is 4110. The van der Waals surface area contributed by atoms with E-state index in [0.717, 1.165) is 167 Å². The molecule has 8 bridgehead atoms. The third-order valence-corrected chi connectivity index (χ3v) is 23.7. The van der Waals surface area contributed by atoms with Gasteiger partial charge in [0.15, 0.2) is 23.0 Å². The van der Waals surface area contributed by atoms with Gasteiger partial charge >= 0.3 is 0 Å². The first-order valence-electron chi connectivity index (χ1n) is 48.9. The fourth-order valence-corrected chi connectivity index (χ4v) is 16.3. The first kappa shape index (κ1) is 96.8. The number of rotatable bonds is 64. The number of nitrogens with zero attached hydrogens (tertiary/aromatic N) is 2. The van der Waals surface area contributed by atoms with Crippen LogP contribution in [0.15, 0.2) is 97.1 Å². The summed E-state index contributed by atoms with van der Waals surface area (Å²) in [5.74, 6) is 20.1. The lowest BCUT2D eigenvalue weighted by Crippen LogP contribution is -2.07. The lowest BCUT2D eigenvalue weighted by Gasteiger charge is -2.19. The lowest BCUT2D eigenvalue weighted by atomic mass is 10.0. The minimum absolute atomic E-state index is 0.550. The summed E-state index contributed by atoms with van der Waals surface area (Å²) in [5, 5.41) is 0. The number of unbranched alkanes of at least 4 members (excludes halogenated alkanes) is 42. The maximum absolute atomic E-state index is 7.13. The molecule has 122 heavy (non-hydrogen) atoms. The summed E-state index contributed by atoms with van der Waals surface area (Å²) >= 11 is 0. The molecule has 3 aromatic heterocycles. The highest BCUT2D eigenvalue weighted by Crippen LogP contribution is 2.47. The van der Waals surface area contributed by atoms with Crippen LogP contribution in [0.3, 0.4) is 0 Å². The van der Waals surface area contributed by atoms with Gasteiger partial charge in [0, 0.05) is 33.3 Å². The quantitative estimate of drug-likeness (QED) is 0.0281. The number of benzene rings is 4. The second kappa shape index (κ2) is 58.9. The molecule has 0 unspecified atom stereocenters. The van der Waals surface area contributed by atoms with E-state index in [1.807, 2.05) is 48.5 Å². The molecule has 0 aliphatic carbocycles. The van der Waals surface area contributed by atoms with Crippen LogP contribution in [0.1, 0.15) is 395 Å². The topological polar surface area (TPSA) is 131 Å². The molecule has 12 nitrogen and oxygen atoms in total. The van der Waals surface area contributed by atoms with Gasteiger partial charge in [-0.25, -0.2) is 9.97 Å². The van der Waals surface area contributed by atoms with Gasteiger partial charge in [-0.3, -0.25) is 0 Å². The maximum atomic E-state index is 7.13. The molecular weight excluding hydrogens is 1510 g/mol. The summed E-state index contributed by atoms with van der Waals surface area (Å²) < 4.78 is 53.9. The lowest BCUT2D eigenvalue weighted by molar-refractivity contribution is 0.234. The van der Waals surface area contributed by atoms with Gasteiger partial charge in [0.2, 0.25) is 11.5 Å². The van der Waals surface area contributed by atoms with Crippen molar-refractivity contribution in [3.05, 3.63) is 142 Å². The van der Waals surface area contributed by atoms with Crippen LogP contribution in [0, 0.1) is 23.7 Å². The van der Waals surface area contributed by atoms with Crippen LogP contribution in [-0.4, -0.2) is 73.8 Å². The Morgan fingerprint density at radius 2 is 0.475 bits per heavy atom. The first-order valence-corrected chi connectivity index (χ1v) is 48.9. The van der Waals surface area contributed by atoms with Crippen LogP contribution in [-0.2, 0) is 0 Å². The molecule has 2 aliphatic rings. The molecule has 0 saturated heterocycles. The predicted molar refractivity (Wildman–Crippen MR) is 516 cm³/mol.